The van der Waals surface area contributed by atoms with E-state index in [0.29, 0.717) is 12.5 Å². The lowest BCUT2D eigenvalue weighted by Gasteiger charge is -2.20. The quantitative estimate of drug-likeness (QED) is 0.806. The molecule has 2 nitrogen and oxygen atoms in total. The Morgan fingerprint density at radius 3 is 2.62 bits per heavy atom. The van der Waals surface area contributed by atoms with E-state index >= 15 is 0 Å². The third-order valence-electron chi connectivity index (χ3n) is 2.62. The molecular formula is C13H21FN2. The van der Waals surface area contributed by atoms with Crippen LogP contribution in [0, 0.1) is 18.7 Å². The fraction of sp³-hybridized carbons (Fsp3) is 0.538. The van der Waals surface area contributed by atoms with Crippen LogP contribution in [0.25, 0.3) is 0 Å². The molecule has 0 aliphatic heterocycles. The molecule has 0 spiro atoms. The Labute approximate surface area is 97.0 Å². The molecule has 0 radical (unpaired) electrons. The van der Waals surface area contributed by atoms with Gasteiger partial charge in [-0.3, -0.25) is 0 Å². The van der Waals surface area contributed by atoms with Crippen LogP contribution in [-0.4, -0.2) is 13.1 Å². The lowest BCUT2D eigenvalue weighted by atomic mass is 10.0. The molecule has 90 valence electrons. The Morgan fingerprint density at radius 2 is 2.06 bits per heavy atom. The van der Waals surface area contributed by atoms with Crippen LogP contribution in [-0.2, 0) is 0 Å². The lowest BCUT2D eigenvalue weighted by molar-refractivity contribution is 0.475. The van der Waals surface area contributed by atoms with E-state index in [-0.39, 0.29) is 11.9 Å². The second-order valence-electron chi connectivity index (χ2n) is 4.59. The molecule has 0 aromatic heterocycles. The summed E-state index contributed by atoms with van der Waals surface area (Å²) in [5.74, 6) is 0.355. The number of rotatable bonds is 5. The van der Waals surface area contributed by atoms with Crippen molar-refractivity contribution in [1.82, 2.24) is 5.32 Å². The van der Waals surface area contributed by atoms with Gasteiger partial charge in [-0.1, -0.05) is 19.9 Å². The van der Waals surface area contributed by atoms with E-state index in [1.165, 1.54) is 6.07 Å². The Morgan fingerprint density at radius 1 is 1.38 bits per heavy atom. The van der Waals surface area contributed by atoms with Crippen molar-refractivity contribution >= 4 is 0 Å². The van der Waals surface area contributed by atoms with Gasteiger partial charge in [0.1, 0.15) is 5.82 Å². The molecule has 0 bridgehead atoms. The molecule has 0 saturated heterocycles. The maximum atomic E-state index is 13.2. The largest absolute Gasteiger partial charge is 0.329 e. The maximum absolute atomic E-state index is 13.2. The van der Waals surface area contributed by atoms with Crippen LogP contribution in [0.4, 0.5) is 4.39 Å². The molecule has 1 aromatic carbocycles. The third-order valence-corrected chi connectivity index (χ3v) is 2.62. The van der Waals surface area contributed by atoms with Crippen LogP contribution in [0.3, 0.4) is 0 Å². The van der Waals surface area contributed by atoms with Crippen molar-refractivity contribution < 1.29 is 4.39 Å². The minimum absolute atomic E-state index is 0.0399. The Balaban J connectivity index is 2.81. The van der Waals surface area contributed by atoms with Crippen molar-refractivity contribution in [2.24, 2.45) is 11.7 Å². The zero-order chi connectivity index (χ0) is 12.1. The highest BCUT2D eigenvalue weighted by molar-refractivity contribution is 5.29. The predicted octanol–water partition coefficient (Wildman–Crippen LogP) is 2.38. The van der Waals surface area contributed by atoms with E-state index in [0.717, 1.165) is 17.7 Å². The Bertz CT molecular complexity index is 337. The van der Waals surface area contributed by atoms with Crippen LogP contribution in [0.5, 0.6) is 0 Å². The molecule has 0 amide bonds. The van der Waals surface area contributed by atoms with Crippen LogP contribution in [0.1, 0.15) is 31.0 Å². The summed E-state index contributed by atoms with van der Waals surface area (Å²) in [4.78, 5) is 0. The molecule has 16 heavy (non-hydrogen) atoms. The molecule has 0 saturated carbocycles. The number of halogens is 1. The van der Waals surface area contributed by atoms with Crippen LogP contribution >= 0.6 is 0 Å². The van der Waals surface area contributed by atoms with Crippen molar-refractivity contribution in [1.29, 1.82) is 0 Å². The second kappa shape index (κ2) is 5.97. The normalized spacial score (nSPS) is 13.1. The Kier molecular flexibility index (Phi) is 4.90. The monoisotopic (exact) mass is 224 g/mol. The zero-order valence-corrected chi connectivity index (χ0v) is 10.3. The summed E-state index contributed by atoms with van der Waals surface area (Å²) >= 11 is 0. The molecule has 1 unspecified atom stereocenters. The minimum atomic E-state index is -0.203. The molecular weight excluding hydrogens is 203 g/mol. The summed E-state index contributed by atoms with van der Waals surface area (Å²) < 4.78 is 13.2. The molecule has 1 aromatic rings. The average Bonchev–Trinajstić information content (AvgIpc) is 2.23. The van der Waals surface area contributed by atoms with E-state index < -0.39 is 0 Å². The van der Waals surface area contributed by atoms with Gasteiger partial charge in [-0.05, 0) is 42.6 Å². The van der Waals surface area contributed by atoms with Gasteiger partial charge in [-0.15, -0.1) is 0 Å². The molecule has 0 aliphatic carbocycles. The minimum Gasteiger partial charge on any atom is -0.329 e. The topological polar surface area (TPSA) is 38.0 Å². The van der Waals surface area contributed by atoms with Gasteiger partial charge >= 0.3 is 0 Å². The zero-order valence-electron chi connectivity index (χ0n) is 10.3. The number of aryl methyl sites for hydroxylation is 1. The summed E-state index contributed by atoms with van der Waals surface area (Å²) in [6.07, 6.45) is 0. The van der Waals surface area contributed by atoms with Gasteiger partial charge in [0.15, 0.2) is 0 Å². The highest BCUT2D eigenvalue weighted by atomic mass is 19.1. The summed E-state index contributed by atoms with van der Waals surface area (Å²) in [7, 11) is 0. The molecule has 1 atom stereocenters. The van der Waals surface area contributed by atoms with Crippen molar-refractivity contribution in [2.45, 2.75) is 26.8 Å². The van der Waals surface area contributed by atoms with Crippen molar-refractivity contribution in [3.8, 4) is 0 Å². The first kappa shape index (κ1) is 13.1. The number of nitrogens with one attached hydrogen (secondary N) is 1. The van der Waals surface area contributed by atoms with E-state index in [1.807, 2.05) is 6.92 Å². The lowest BCUT2D eigenvalue weighted by Crippen LogP contribution is -2.31. The fourth-order valence-corrected chi connectivity index (χ4v) is 1.68. The molecule has 0 heterocycles. The standard InChI is InChI=1S/C13H21FN2/c1-9(2)8-16-13(7-15)12-6-11(14)5-4-10(12)3/h4-6,9,13,16H,7-8,15H2,1-3H3. The summed E-state index contributed by atoms with van der Waals surface area (Å²) in [5, 5.41) is 3.36. The van der Waals surface area contributed by atoms with Gasteiger partial charge < -0.3 is 11.1 Å². The van der Waals surface area contributed by atoms with Gasteiger partial charge in [-0.2, -0.15) is 0 Å². The number of hydrogen-bond donors (Lipinski definition) is 2. The van der Waals surface area contributed by atoms with E-state index in [1.54, 1.807) is 12.1 Å². The van der Waals surface area contributed by atoms with E-state index in [9.17, 15) is 4.39 Å². The first-order chi connectivity index (χ1) is 7.54. The van der Waals surface area contributed by atoms with Gasteiger partial charge in [0.2, 0.25) is 0 Å². The highest BCUT2D eigenvalue weighted by Crippen LogP contribution is 2.18. The summed E-state index contributed by atoms with van der Waals surface area (Å²) in [6, 6.07) is 4.89. The predicted molar refractivity (Wildman–Crippen MR) is 65.8 cm³/mol. The van der Waals surface area contributed by atoms with Crippen LogP contribution in [0.2, 0.25) is 0 Å². The summed E-state index contributed by atoms with van der Waals surface area (Å²) in [6.45, 7) is 7.63. The number of hydrogen-bond acceptors (Lipinski definition) is 2. The van der Waals surface area contributed by atoms with Gasteiger partial charge in [0.05, 0.1) is 0 Å². The molecule has 3 N–H and O–H groups in total. The molecule has 3 heteroatoms. The maximum Gasteiger partial charge on any atom is 0.123 e. The molecule has 1 rings (SSSR count). The third kappa shape index (κ3) is 3.58. The van der Waals surface area contributed by atoms with Crippen molar-refractivity contribution in [3.63, 3.8) is 0 Å². The number of benzene rings is 1. The number of nitrogens with two attached hydrogens (primary N) is 1. The van der Waals surface area contributed by atoms with E-state index in [4.69, 9.17) is 5.73 Å². The first-order valence-corrected chi connectivity index (χ1v) is 5.74. The van der Waals surface area contributed by atoms with Crippen molar-refractivity contribution in [3.05, 3.63) is 35.1 Å². The van der Waals surface area contributed by atoms with Gasteiger partial charge in [0.25, 0.3) is 0 Å². The van der Waals surface area contributed by atoms with E-state index in [2.05, 4.69) is 19.2 Å². The smallest absolute Gasteiger partial charge is 0.123 e. The highest BCUT2D eigenvalue weighted by Gasteiger charge is 2.12. The van der Waals surface area contributed by atoms with Crippen LogP contribution < -0.4 is 11.1 Å². The van der Waals surface area contributed by atoms with Gasteiger partial charge in [-0.25, -0.2) is 4.39 Å². The molecule has 0 fully saturated rings. The van der Waals surface area contributed by atoms with Gasteiger partial charge in [0, 0.05) is 12.6 Å². The first-order valence-electron chi connectivity index (χ1n) is 5.74. The second-order valence-corrected chi connectivity index (χ2v) is 4.59. The molecule has 0 aliphatic rings. The SMILES string of the molecule is Cc1ccc(F)cc1C(CN)NCC(C)C. The summed E-state index contributed by atoms with van der Waals surface area (Å²) in [5.41, 5.74) is 7.76. The van der Waals surface area contributed by atoms with Crippen molar-refractivity contribution in [2.75, 3.05) is 13.1 Å². The Hall–Kier alpha value is -0.930. The van der Waals surface area contributed by atoms with Crippen LogP contribution in [0.15, 0.2) is 18.2 Å². The average molecular weight is 224 g/mol. The fourth-order valence-electron chi connectivity index (χ4n) is 1.68.